The Bertz CT molecular complexity index is 933. The number of nitrogens with zero attached hydrogens (tertiary/aromatic N) is 3. The Labute approximate surface area is 177 Å². The first kappa shape index (κ1) is 20.1. The smallest absolute Gasteiger partial charge is 0.315 e. The largest absolute Gasteiger partial charge is 0.338 e. The first-order chi connectivity index (χ1) is 14.8. The number of hydrogen-bond donors (Lipinski definition) is 2. The number of nitrogens with one attached hydrogen (secondary N) is 2. The van der Waals surface area contributed by atoms with Gasteiger partial charge in [-0.2, -0.15) is 5.10 Å². The minimum absolute atomic E-state index is 0.149. The SMILES string of the molecule is O=C(NCCCc1ccccc1)NCc1cc(-c2ccncc2)n(C2CCCC2)n1. The van der Waals surface area contributed by atoms with Crippen molar-refractivity contribution in [1.29, 1.82) is 0 Å². The van der Waals surface area contributed by atoms with Crippen LogP contribution in [0.25, 0.3) is 11.3 Å². The number of aromatic nitrogens is 3. The van der Waals surface area contributed by atoms with Crippen LogP contribution < -0.4 is 10.6 Å². The summed E-state index contributed by atoms with van der Waals surface area (Å²) >= 11 is 0. The zero-order valence-corrected chi connectivity index (χ0v) is 17.3. The van der Waals surface area contributed by atoms with Gasteiger partial charge < -0.3 is 10.6 Å². The van der Waals surface area contributed by atoms with Crippen LogP contribution in [0, 0.1) is 0 Å². The third kappa shape index (κ3) is 5.26. The van der Waals surface area contributed by atoms with Crippen molar-refractivity contribution in [1.82, 2.24) is 25.4 Å². The van der Waals surface area contributed by atoms with Crippen LogP contribution in [-0.4, -0.2) is 27.3 Å². The normalized spacial score (nSPS) is 14.0. The maximum absolute atomic E-state index is 12.2. The number of carbonyl (C=O) groups is 1. The lowest BCUT2D eigenvalue weighted by atomic mass is 10.1. The summed E-state index contributed by atoms with van der Waals surface area (Å²) in [6.45, 7) is 1.07. The van der Waals surface area contributed by atoms with Gasteiger partial charge >= 0.3 is 6.03 Å². The maximum atomic E-state index is 12.2. The van der Waals surface area contributed by atoms with Gasteiger partial charge in [-0.25, -0.2) is 4.79 Å². The molecule has 2 N–H and O–H groups in total. The van der Waals surface area contributed by atoms with E-state index < -0.39 is 0 Å². The number of benzene rings is 1. The molecule has 2 amide bonds. The van der Waals surface area contributed by atoms with E-state index in [1.165, 1.54) is 18.4 Å². The highest BCUT2D eigenvalue weighted by Crippen LogP contribution is 2.33. The molecule has 4 rings (SSSR count). The summed E-state index contributed by atoms with van der Waals surface area (Å²) in [6.07, 6.45) is 10.3. The van der Waals surface area contributed by atoms with Crippen LogP contribution in [-0.2, 0) is 13.0 Å². The molecule has 1 aliphatic carbocycles. The zero-order valence-electron chi connectivity index (χ0n) is 17.3. The highest BCUT2D eigenvalue weighted by molar-refractivity contribution is 5.73. The lowest BCUT2D eigenvalue weighted by Gasteiger charge is -2.14. The molecule has 1 aliphatic rings. The van der Waals surface area contributed by atoms with Crippen LogP contribution in [0.5, 0.6) is 0 Å². The average molecular weight is 404 g/mol. The molecule has 1 saturated carbocycles. The summed E-state index contributed by atoms with van der Waals surface area (Å²) in [5.74, 6) is 0. The molecule has 0 radical (unpaired) electrons. The van der Waals surface area contributed by atoms with E-state index in [0.717, 1.165) is 42.6 Å². The topological polar surface area (TPSA) is 71.8 Å². The molecule has 6 heteroatoms. The fraction of sp³-hybridized carbons (Fsp3) is 0.375. The van der Waals surface area contributed by atoms with Gasteiger partial charge in [0.15, 0.2) is 0 Å². The van der Waals surface area contributed by atoms with Gasteiger partial charge in [0.05, 0.1) is 24.0 Å². The van der Waals surface area contributed by atoms with Crippen molar-refractivity contribution in [3.05, 3.63) is 72.2 Å². The molecule has 6 nitrogen and oxygen atoms in total. The van der Waals surface area contributed by atoms with Crippen molar-refractivity contribution in [3.63, 3.8) is 0 Å². The number of carbonyl (C=O) groups excluding carboxylic acids is 1. The summed E-state index contributed by atoms with van der Waals surface area (Å²) in [5.41, 5.74) is 4.39. The van der Waals surface area contributed by atoms with E-state index in [0.29, 0.717) is 19.1 Å². The first-order valence-corrected chi connectivity index (χ1v) is 10.8. The Morgan fingerprint density at radius 3 is 2.57 bits per heavy atom. The molecule has 1 aromatic carbocycles. The van der Waals surface area contributed by atoms with Gasteiger partial charge in [0, 0.05) is 24.5 Å². The number of urea groups is 1. The van der Waals surface area contributed by atoms with Crippen molar-refractivity contribution >= 4 is 6.03 Å². The lowest BCUT2D eigenvalue weighted by Crippen LogP contribution is -2.35. The summed E-state index contributed by atoms with van der Waals surface area (Å²) in [4.78, 5) is 16.3. The Hall–Kier alpha value is -3.15. The van der Waals surface area contributed by atoms with Gasteiger partial charge in [-0.1, -0.05) is 43.2 Å². The summed E-state index contributed by atoms with van der Waals surface area (Å²) in [5, 5.41) is 10.7. The van der Waals surface area contributed by atoms with E-state index in [1.807, 2.05) is 42.7 Å². The molecule has 0 saturated heterocycles. The fourth-order valence-corrected chi connectivity index (χ4v) is 4.07. The van der Waals surface area contributed by atoms with Crippen LogP contribution in [0.15, 0.2) is 60.9 Å². The summed E-state index contributed by atoms with van der Waals surface area (Å²) in [7, 11) is 0. The number of amides is 2. The molecular weight excluding hydrogens is 374 g/mol. The Balaban J connectivity index is 1.31. The van der Waals surface area contributed by atoms with Crippen LogP contribution in [0.2, 0.25) is 0 Å². The molecule has 0 aliphatic heterocycles. The van der Waals surface area contributed by atoms with E-state index in [-0.39, 0.29) is 6.03 Å². The minimum atomic E-state index is -0.149. The molecule has 30 heavy (non-hydrogen) atoms. The highest BCUT2D eigenvalue weighted by Gasteiger charge is 2.22. The number of aryl methyl sites for hydroxylation is 1. The van der Waals surface area contributed by atoms with E-state index in [1.54, 1.807) is 0 Å². The standard InChI is InChI=1S/C24H29N5O/c30-24(26-14-6-9-19-7-2-1-3-8-19)27-18-21-17-23(20-12-15-25-16-13-20)29(28-21)22-10-4-5-11-22/h1-3,7-8,12-13,15-17,22H,4-6,9-11,14,18H2,(H2,26,27,30). The molecule has 0 bridgehead atoms. The highest BCUT2D eigenvalue weighted by atomic mass is 16.2. The van der Waals surface area contributed by atoms with E-state index in [2.05, 4.69) is 38.5 Å². The molecule has 1 fully saturated rings. The third-order valence-corrected chi connectivity index (χ3v) is 5.63. The Kier molecular flexibility index (Phi) is 6.75. The molecule has 2 aromatic heterocycles. The van der Waals surface area contributed by atoms with Gasteiger partial charge in [-0.15, -0.1) is 0 Å². The summed E-state index contributed by atoms with van der Waals surface area (Å²) < 4.78 is 2.15. The maximum Gasteiger partial charge on any atom is 0.315 e. The molecule has 2 heterocycles. The van der Waals surface area contributed by atoms with Crippen molar-refractivity contribution in [2.45, 2.75) is 51.1 Å². The predicted molar refractivity (Wildman–Crippen MR) is 118 cm³/mol. The van der Waals surface area contributed by atoms with Gasteiger partial charge in [-0.05, 0) is 49.4 Å². The van der Waals surface area contributed by atoms with Crippen LogP contribution in [0.3, 0.4) is 0 Å². The van der Waals surface area contributed by atoms with Crippen molar-refractivity contribution in [2.75, 3.05) is 6.54 Å². The van der Waals surface area contributed by atoms with Gasteiger partial charge in [0.25, 0.3) is 0 Å². The second-order valence-corrected chi connectivity index (χ2v) is 7.84. The number of pyridine rings is 1. The van der Waals surface area contributed by atoms with Crippen molar-refractivity contribution in [2.24, 2.45) is 0 Å². The minimum Gasteiger partial charge on any atom is -0.338 e. The predicted octanol–water partition coefficient (Wildman–Crippen LogP) is 4.49. The van der Waals surface area contributed by atoms with Crippen molar-refractivity contribution < 1.29 is 4.79 Å². The molecule has 156 valence electrons. The van der Waals surface area contributed by atoms with Gasteiger partial charge in [-0.3, -0.25) is 9.67 Å². The second kappa shape index (κ2) is 10.1. The van der Waals surface area contributed by atoms with E-state index >= 15 is 0 Å². The van der Waals surface area contributed by atoms with Crippen LogP contribution in [0.1, 0.15) is 49.4 Å². The lowest BCUT2D eigenvalue weighted by molar-refractivity contribution is 0.240. The third-order valence-electron chi connectivity index (χ3n) is 5.63. The van der Waals surface area contributed by atoms with Crippen LogP contribution >= 0.6 is 0 Å². The Morgan fingerprint density at radius 2 is 1.80 bits per heavy atom. The number of rotatable bonds is 8. The van der Waals surface area contributed by atoms with E-state index in [4.69, 9.17) is 5.10 Å². The fourth-order valence-electron chi connectivity index (χ4n) is 4.07. The van der Waals surface area contributed by atoms with Crippen LogP contribution in [0.4, 0.5) is 4.79 Å². The molecule has 3 aromatic rings. The molecular formula is C24H29N5O. The summed E-state index contributed by atoms with van der Waals surface area (Å²) in [6, 6.07) is 16.7. The molecule has 0 atom stereocenters. The quantitative estimate of drug-likeness (QED) is 0.544. The molecule has 0 spiro atoms. The zero-order chi connectivity index (χ0) is 20.6. The monoisotopic (exact) mass is 403 g/mol. The average Bonchev–Trinajstić information content (AvgIpc) is 3.46. The number of hydrogen-bond acceptors (Lipinski definition) is 3. The first-order valence-electron chi connectivity index (χ1n) is 10.8. The second-order valence-electron chi connectivity index (χ2n) is 7.84. The van der Waals surface area contributed by atoms with Crippen molar-refractivity contribution in [3.8, 4) is 11.3 Å². The van der Waals surface area contributed by atoms with Gasteiger partial charge in [0.1, 0.15) is 0 Å². The Morgan fingerprint density at radius 1 is 1.03 bits per heavy atom. The molecule has 0 unspecified atom stereocenters. The van der Waals surface area contributed by atoms with E-state index in [9.17, 15) is 4.79 Å². The van der Waals surface area contributed by atoms with Gasteiger partial charge in [0.2, 0.25) is 0 Å².